The molecule has 0 aliphatic rings. The van der Waals surface area contributed by atoms with Crippen LogP contribution in [-0.2, 0) is 4.79 Å². The average Bonchev–Trinajstić information content (AvgIpc) is 2.07. The molecule has 0 heterocycles. The summed E-state index contributed by atoms with van der Waals surface area (Å²) in [5.74, 6) is 1.11. The van der Waals surface area contributed by atoms with E-state index in [1.807, 2.05) is 0 Å². The predicted octanol–water partition coefficient (Wildman–Crippen LogP) is 4.60. The van der Waals surface area contributed by atoms with Gasteiger partial charge in [0.2, 0.25) is 0 Å². The van der Waals surface area contributed by atoms with E-state index in [2.05, 4.69) is 34.6 Å². The van der Waals surface area contributed by atoms with Crippen molar-refractivity contribution in [3.8, 4) is 0 Å². The molecule has 0 N–H and O–H groups in total. The van der Waals surface area contributed by atoms with Gasteiger partial charge in [0.1, 0.15) is 5.78 Å². The van der Waals surface area contributed by atoms with Gasteiger partial charge in [0.25, 0.3) is 0 Å². The molecule has 15 heavy (non-hydrogen) atoms. The summed E-state index contributed by atoms with van der Waals surface area (Å²) in [7, 11) is 0. The van der Waals surface area contributed by atoms with Crippen LogP contribution in [-0.4, -0.2) is 5.78 Å². The van der Waals surface area contributed by atoms with E-state index in [0.29, 0.717) is 17.1 Å². The molecule has 1 heteroatoms. The van der Waals surface area contributed by atoms with E-state index < -0.39 is 0 Å². The second-order valence-electron chi connectivity index (χ2n) is 6.24. The van der Waals surface area contributed by atoms with Crippen LogP contribution in [0.15, 0.2) is 0 Å². The molecule has 0 rings (SSSR count). The van der Waals surface area contributed by atoms with Gasteiger partial charge in [-0.2, -0.15) is 0 Å². The number of ketones is 1. The third-order valence-corrected chi connectivity index (χ3v) is 2.63. The maximum absolute atomic E-state index is 11.5. The highest BCUT2D eigenvalue weighted by molar-refractivity contribution is 5.78. The molecule has 0 aromatic heterocycles. The van der Waals surface area contributed by atoms with Gasteiger partial charge in [0, 0.05) is 12.8 Å². The van der Waals surface area contributed by atoms with Crippen molar-refractivity contribution in [1.29, 1.82) is 0 Å². The van der Waals surface area contributed by atoms with Crippen LogP contribution in [0.25, 0.3) is 0 Å². The number of hydrogen-bond donors (Lipinski definition) is 0. The predicted molar refractivity (Wildman–Crippen MR) is 67.0 cm³/mol. The highest BCUT2D eigenvalue weighted by atomic mass is 16.1. The van der Waals surface area contributed by atoms with Crippen molar-refractivity contribution in [2.75, 3.05) is 0 Å². The molecule has 0 saturated heterocycles. The molecular formula is C14H28O. The summed E-state index contributed by atoms with van der Waals surface area (Å²) in [4.78, 5) is 11.5. The van der Waals surface area contributed by atoms with E-state index in [-0.39, 0.29) is 0 Å². The minimum absolute atomic E-state index is 0.418. The molecule has 0 aliphatic carbocycles. The Hall–Kier alpha value is -0.330. The van der Waals surface area contributed by atoms with Gasteiger partial charge in [0.05, 0.1) is 0 Å². The Balaban J connectivity index is 3.40. The van der Waals surface area contributed by atoms with Gasteiger partial charge < -0.3 is 0 Å². The number of carbonyl (C=O) groups excluding carboxylic acids is 1. The summed E-state index contributed by atoms with van der Waals surface area (Å²) in [6.45, 7) is 11.1. The van der Waals surface area contributed by atoms with Crippen molar-refractivity contribution in [2.24, 2.45) is 11.3 Å². The molecule has 0 radical (unpaired) electrons. The number of Topliss-reactive ketones (excluding diaryl/α,β-unsaturated/α-hetero) is 1. The van der Waals surface area contributed by atoms with Crippen molar-refractivity contribution >= 4 is 5.78 Å². The zero-order chi connectivity index (χ0) is 11.9. The lowest BCUT2D eigenvalue weighted by molar-refractivity contribution is -0.119. The Morgan fingerprint density at radius 2 is 1.67 bits per heavy atom. The van der Waals surface area contributed by atoms with Crippen molar-refractivity contribution < 1.29 is 4.79 Å². The fourth-order valence-electron chi connectivity index (χ4n) is 1.55. The van der Waals surface area contributed by atoms with Crippen molar-refractivity contribution in [3.63, 3.8) is 0 Å². The van der Waals surface area contributed by atoms with Gasteiger partial charge in [-0.1, -0.05) is 41.0 Å². The standard InChI is InChI=1S/C14H28O/c1-12(2)9-10-13(15)8-6-7-11-14(3,4)5/h12H,6-11H2,1-5H3. The lowest BCUT2D eigenvalue weighted by Gasteiger charge is -2.17. The van der Waals surface area contributed by atoms with Crippen LogP contribution >= 0.6 is 0 Å². The third-order valence-electron chi connectivity index (χ3n) is 2.63. The second-order valence-corrected chi connectivity index (χ2v) is 6.24. The van der Waals surface area contributed by atoms with E-state index in [4.69, 9.17) is 0 Å². The third kappa shape index (κ3) is 11.6. The minimum atomic E-state index is 0.418. The first-order valence-corrected chi connectivity index (χ1v) is 6.33. The molecule has 0 atom stereocenters. The molecule has 0 unspecified atom stereocenters. The summed E-state index contributed by atoms with van der Waals surface area (Å²) < 4.78 is 0. The van der Waals surface area contributed by atoms with E-state index in [9.17, 15) is 4.79 Å². The molecule has 0 aliphatic heterocycles. The summed E-state index contributed by atoms with van der Waals surface area (Å²) in [6, 6.07) is 0. The van der Waals surface area contributed by atoms with E-state index in [0.717, 1.165) is 25.7 Å². The zero-order valence-electron chi connectivity index (χ0n) is 11.2. The topological polar surface area (TPSA) is 17.1 Å². The summed E-state index contributed by atoms with van der Waals surface area (Å²) in [6.07, 6.45) is 6.13. The molecule has 0 aromatic carbocycles. The maximum Gasteiger partial charge on any atom is 0.132 e. The van der Waals surface area contributed by atoms with Crippen molar-refractivity contribution in [2.45, 2.75) is 73.1 Å². The van der Waals surface area contributed by atoms with Crippen LogP contribution in [0.2, 0.25) is 0 Å². The number of rotatable bonds is 7. The molecular weight excluding hydrogens is 184 g/mol. The average molecular weight is 212 g/mol. The largest absolute Gasteiger partial charge is 0.300 e. The Bertz CT molecular complexity index is 174. The summed E-state index contributed by atoms with van der Waals surface area (Å²) >= 11 is 0. The Labute approximate surface area is 95.6 Å². The van der Waals surface area contributed by atoms with Crippen LogP contribution in [0, 0.1) is 11.3 Å². The van der Waals surface area contributed by atoms with Gasteiger partial charge in [-0.05, 0) is 30.6 Å². The van der Waals surface area contributed by atoms with E-state index in [1.54, 1.807) is 0 Å². The van der Waals surface area contributed by atoms with Crippen molar-refractivity contribution in [1.82, 2.24) is 0 Å². The fraction of sp³-hybridized carbons (Fsp3) is 0.929. The second kappa shape index (κ2) is 7.03. The van der Waals surface area contributed by atoms with E-state index >= 15 is 0 Å². The Morgan fingerprint density at radius 1 is 1.07 bits per heavy atom. The van der Waals surface area contributed by atoms with Crippen LogP contribution in [0.4, 0.5) is 0 Å². The van der Waals surface area contributed by atoms with Crippen LogP contribution in [0.5, 0.6) is 0 Å². The molecule has 0 amide bonds. The molecule has 0 saturated carbocycles. The fourth-order valence-corrected chi connectivity index (χ4v) is 1.55. The smallest absolute Gasteiger partial charge is 0.132 e. The molecule has 0 aromatic rings. The van der Waals surface area contributed by atoms with Gasteiger partial charge in [-0.15, -0.1) is 0 Å². The number of unbranched alkanes of at least 4 members (excludes halogenated alkanes) is 1. The van der Waals surface area contributed by atoms with Gasteiger partial charge >= 0.3 is 0 Å². The zero-order valence-corrected chi connectivity index (χ0v) is 11.2. The van der Waals surface area contributed by atoms with Crippen LogP contribution < -0.4 is 0 Å². The monoisotopic (exact) mass is 212 g/mol. The SMILES string of the molecule is CC(C)CCC(=O)CCCCC(C)(C)C. The van der Waals surface area contributed by atoms with Gasteiger partial charge in [-0.25, -0.2) is 0 Å². The van der Waals surface area contributed by atoms with Gasteiger partial charge in [0.15, 0.2) is 0 Å². The lowest BCUT2D eigenvalue weighted by atomic mass is 9.89. The first kappa shape index (κ1) is 14.7. The van der Waals surface area contributed by atoms with Gasteiger partial charge in [-0.3, -0.25) is 4.79 Å². The minimum Gasteiger partial charge on any atom is -0.300 e. The highest BCUT2D eigenvalue weighted by Gasteiger charge is 2.10. The van der Waals surface area contributed by atoms with Crippen LogP contribution in [0.3, 0.4) is 0 Å². The number of hydrogen-bond acceptors (Lipinski definition) is 1. The molecule has 90 valence electrons. The number of carbonyl (C=O) groups is 1. The summed E-state index contributed by atoms with van der Waals surface area (Å²) in [5, 5.41) is 0. The Kier molecular flexibility index (Phi) is 6.87. The maximum atomic E-state index is 11.5. The quantitative estimate of drug-likeness (QED) is 0.564. The highest BCUT2D eigenvalue weighted by Crippen LogP contribution is 2.22. The lowest BCUT2D eigenvalue weighted by Crippen LogP contribution is -2.05. The van der Waals surface area contributed by atoms with Crippen molar-refractivity contribution in [3.05, 3.63) is 0 Å². The van der Waals surface area contributed by atoms with Crippen LogP contribution in [0.1, 0.15) is 73.1 Å². The molecule has 0 spiro atoms. The van der Waals surface area contributed by atoms with E-state index in [1.165, 1.54) is 12.8 Å². The molecule has 0 bridgehead atoms. The first-order valence-electron chi connectivity index (χ1n) is 6.33. The normalized spacial score (nSPS) is 12.1. The first-order chi connectivity index (χ1) is 6.81. The summed E-state index contributed by atoms with van der Waals surface area (Å²) in [5.41, 5.74) is 0.418. The molecule has 0 fully saturated rings. The Morgan fingerprint density at radius 3 is 2.13 bits per heavy atom. The molecule has 1 nitrogen and oxygen atoms in total.